The fourth-order valence-corrected chi connectivity index (χ4v) is 4.86. The van der Waals surface area contributed by atoms with Crippen LogP contribution in [0.3, 0.4) is 0 Å². The van der Waals surface area contributed by atoms with Crippen molar-refractivity contribution in [3.05, 3.63) is 22.5 Å². The molecule has 0 N–H and O–H groups in total. The number of ether oxygens (including phenoxy) is 2. The number of nitrogens with zero attached hydrogens (tertiary/aromatic N) is 6. The van der Waals surface area contributed by atoms with Crippen LogP contribution in [0, 0.1) is 15.5 Å². The molecule has 4 rings (SSSR count). The minimum Gasteiger partial charge on any atom is -0.443 e. The first kappa shape index (κ1) is 24.4. The number of fused-ring (bicyclic) bond motifs is 1. The Morgan fingerprint density at radius 2 is 1.91 bits per heavy atom. The van der Waals surface area contributed by atoms with E-state index in [0.717, 1.165) is 18.9 Å². The molecule has 34 heavy (non-hydrogen) atoms. The van der Waals surface area contributed by atoms with Crippen molar-refractivity contribution in [1.29, 1.82) is 0 Å². The number of anilines is 1. The molecule has 0 aromatic carbocycles. The Balaban J connectivity index is 1.70. The standard InChI is InChI=1S/C22H34N6O5Si/c1-21(2,3)33-20(29)25-13-22(7-8-22)14-26-19(25)16(11-23-26)18-17(28(30)31)12-24-27(18)15-32-9-10-34(4,5)6/h11-12H,7-10,13-15H2,1-6H3. The van der Waals surface area contributed by atoms with Crippen molar-refractivity contribution >= 4 is 25.7 Å². The lowest BCUT2D eigenvalue weighted by Crippen LogP contribution is -2.46. The molecular weight excluding hydrogens is 456 g/mol. The SMILES string of the molecule is CC(C)(C)OC(=O)N1CC2(CC2)Cn2ncc(-c3c([N+](=O)[O-])cnn3COCC[Si](C)(C)C)c21. The highest BCUT2D eigenvalue weighted by atomic mass is 28.3. The second kappa shape index (κ2) is 8.49. The molecule has 1 saturated carbocycles. The van der Waals surface area contributed by atoms with Gasteiger partial charge in [-0.1, -0.05) is 19.6 Å². The summed E-state index contributed by atoms with van der Waals surface area (Å²) in [6.07, 6.45) is 4.33. The molecule has 0 radical (unpaired) electrons. The summed E-state index contributed by atoms with van der Waals surface area (Å²) in [4.78, 5) is 26.2. The van der Waals surface area contributed by atoms with Gasteiger partial charge in [-0.2, -0.15) is 10.2 Å². The van der Waals surface area contributed by atoms with Gasteiger partial charge in [-0.05, 0) is 39.7 Å². The topological polar surface area (TPSA) is 118 Å². The molecule has 1 aliphatic heterocycles. The van der Waals surface area contributed by atoms with Gasteiger partial charge in [0.25, 0.3) is 0 Å². The summed E-state index contributed by atoms with van der Waals surface area (Å²) < 4.78 is 14.8. The van der Waals surface area contributed by atoms with Crippen molar-refractivity contribution in [2.24, 2.45) is 5.41 Å². The molecule has 1 amide bonds. The van der Waals surface area contributed by atoms with E-state index >= 15 is 0 Å². The smallest absolute Gasteiger partial charge is 0.416 e. The average molecular weight is 491 g/mol. The van der Waals surface area contributed by atoms with E-state index in [0.29, 0.717) is 31.1 Å². The van der Waals surface area contributed by atoms with Crippen LogP contribution in [0.15, 0.2) is 12.4 Å². The van der Waals surface area contributed by atoms with Crippen molar-refractivity contribution in [3.8, 4) is 11.3 Å². The molecule has 1 spiro atoms. The van der Waals surface area contributed by atoms with E-state index in [1.54, 1.807) is 15.8 Å². The first-order valence-corrected chi connectivity index (χ1v) is 15.3. The van der Waals surface area contributed by atoms with Gasteiger partial charge < -0.3 is 9.47 Å². The first-order chi connectivity index (χ1) is 15.8. The van der Waals surface area contributed by atoms with Crippen molar-refractivity contribution in [2.75, 3.05) is 18.1 Å². The van der Waals surface area contributed by atoms with Crippen LogP contribution in [0.25, 0.3) is 11.3 Å². The third kappa shape index (κ3) is 5.17. The van der Waals surface area contributed by atoms with Crippen LogP contribution in [-0.4, -0.2) is 57.4 Å². The van der Waals surface area contributed by atoms with Gasteiger partial charge in [-0.3, -0.25) is 15.0 Å². The largest absolute Gasteiger partial charge is 0.443 e. The Morgan fingerprint density at radius 3 is 2.50 bits per heavy atom. The fraction of sp³-hybridized carbons (Fsp3) is 0.682. The molecule has 1 fully saturated rings. The van der Waals surface area contributed by atoms with E-state index in [4.69, 9.17) is 9.47 Å². The minimum atomic E-state index is -1.28. The van der Waals surface area contributed by atoms with Crippen LogP contribution in [0.4, 0.5) is 16.3 Å². The van der Waals surface area contributed by atoms with E-state index in [1.165, 1.54) is 10.9 Å². The molecule has 186 valence electrons. The summed E-state index contributed by atoms with van der Waals surface area (Å²) in [5, 5.41) is 20.6. The second-order valence-corrected chi connectivity index (χ2v) is 17.2. The lowest BCUT2D eigenvalue weighted by atomic mass is 10.0. The Labute approximate surface area is 200 Å². The molecule has 3 heterocycles. The van der Waals surface area contributed by atoms with Crippen LogP contribution in [-0.2, 0) is 22.7 Å². The van der Waals surface area contributed by atoms with Crippen LogP contribution in [0.5, 0.6) is 0 Å². The highest BCUT2D eigenvalue weighted by molar-refractivity contribution is 6.76. The Bertz CT molecular complexity index is 1090. The summed E-state index contributed by atoms with van der Waals surface area (Å²) in [5.41, 5.74) is -0.0903. The minimum absolute atomic E-state index is 0.0146. The predicted octanol–water partition coefficient (Wildman–Crippen LogP) is 4.50. The van der Waals surface area contributed by atoms with Gasteiger partial charge in [0, 0.05) is 26.6 Å². The van der Waals surface area contributed by atoms with Gasteiger partial charge in [0.15, 0.2) is 5.69 Å². The number of nitro groups is 1. The Hall–Kier alpha value is -2.73. The zero-order valence-corrected chi connectivity index (χ0v) is 21.8. The fourth-order valence-electron chi connectivity index (χ4n) is 4.10. The van der Waals surface area contributed by atoms with Crippen molar-refractivity contribution in [1.82, 2.24) is 19.6 Å². The summed E-state index contributed by atoms with van der Waals surface area (Å²) in [5.74, 6) is 0.499. The highest BCUT2D eigenvalue weighted by Gasteiger charge is 2.51. The molecule has 0 unspecified atom stereocenters. The lowest BCUT2D eigenvalue weighted by molar-refractivity contribution is -0.384. The molecule has 12 heteroatoms. The number of carbonyl (C=O) groups is 1. The molecule has 11 nitrogen and oxygen atoms in total. The zero-order valence-electron chi connectivity index (χ0n) is 20.8. The van der Waals surface area contributed by atoms with Crippen molar-refractivity contribution in [2.45, 2.75) is 78.2 Å². The van der Waals surface area contributed by atoms with E-state index in [-0.39, 0.29) is 23.5 Å². The Kier molecular flexibility index (Phi) is 6.09. The normalized spacial score (nSPS) is 17.1. The summed E-state index contributed by atoms with van der Waals surface area (Å²) in [7, 11) is -1.28. The number of hydrogen-bond donors (Lipinski definition) is 0. The van der Waals surface area contributed by atoms with Gasteiger partial charge in [0.1, 0.15) is 24.3 Å². The molecule has 0 bridgehead atoms. The molecule has 2 aromatic rings. The average Bonchev–Trinajstić information content (AvgIpc) is 3.12. The molecule has 1 aliphatic carbocycles. The monoisotopic (exact) mass is 490 g/mol. The predicted molar refractivity (Wildman–Crippen MR) is 129 cm³/mol. The van der Waals surface area contributed by atoms with Gasteiger partial charge in [0.05, 0.1) is 23.2 Å². The van der Waals surface area contributed by atoms with Crippen molar-refractivity contribution < 1.29 is 19.2 Å². The van der Waals surface area contributed by atoms with Crippen LogP contribution in [0.2, 0.25) is 25.7 Å². The molecule has 2 aliphatic rings. The Morgan fingerprint density at radius 1 is 1.21 bits per heavy atom. The maximum atomic E-state index is 13.2. The summed E-state index contributed by atoms with van der Waals surface area (Å²) in [6, 6.07) is 0.976. The number of hydrogen-bond acceptors (Lipinski definition) is 7. The van der Waals surface area contributed by atoms with E-state index < -0.39 is 24.7 Å². The summed E-state index contributed by atoms with van der Waals surface area (Å²) >= 11 is 0. The molecule has 0 saturated heterocycles. The first-order valence-electron chi connectivity index (χ1n) is 11.6. The van der Waals surface area contributed by atoms with Crippen LogP contribution >= 0.6 is 0 Å². The maximum absolute atomic E-state index is 13.2. The van der Waals surface area contributed by atoms with Gasteiger partial charge in [0.2, 0.25) is 0 Å². The highest BCUT2D eigenvalue weighted by Crippen LogP contribution is 2.53. The van der Waals surface area contributed by atoms with Gasteiger partial charge in [-0.25, -0.2) is 14.2 Å². The number of carbonyl (C=O) groups excluding carboxylic acids is 1. The lowest BCUT2D eigenvalue weighted by Gasteiger charge is -2.35. The van der Waals surface area contributed by atoms with E-state index in [2.05, 4.69) is 29.8 Å². The van der Waals surface area contributed by atoms with Gasteiger partial charge in [-0.15, -0.1) is 0 Å². The molecular formula is C22H34N6O5Si. The maximum Gasteiger partial charge on any atom is 0.416 e. The van der Waals surface area contributed by atoms with Crippen LogP contribution in [0.1, 0.15) is 33.6 Å². The zero-order chi connectivity index (χ0) is 24.9. The van der Waals surface area contributed by atoms with Gasteiger partial charge >= 0.3 is 11.8 Å². The van der Waals surface area contributed by atoms with E-state index in [9.17, 15) is 14.9 Å². The van der Waals surface area contributed by atoms with Crippen LogP contribution < -0.4 is 4.90 Å². The quantitative estimate of drug-likeness (QED) is 0.243. The number of aromatic nitrogens is 4. The number of rotatable bonds is 7. The second-order valence-electron chi connectivity index (χ2n) is 11.6. The van der Waals surface area contributed by atoms with Crippen molar-refractivity contribution in [3.63, 3.8) is 0 Å². The third-order valence-corrected chi connectivity index (χ3v) is 7.80. The molecule has 0 atom stereocenters. The third-order valence-electron chi connectivity index (χ3n) is 6.10. The number of amides is 1. The molecule has 2 aromatic heterocycles. The van der Waals surface area contributed by atoms with E-state index in [1.807, 2.05) is 20.8 Å². The summed E-state index contributed by atoms with van der Waals surface area (Å²) in [6.45, 7) is 14.0.